The number of amides is 2. The Balaban J connectivity index is 3.06. The van der Waals surface area contributed by atoms with Crippen LogP contribution >= 0.6 is 0 Å². The van der Waals surface area contributed by atoms with E-state index < -0.39 is 11.9 Å². The van der Waals surface area contributed by atoms with E-state index in [0.717, 1.165) is 0 Å². The zero-order valence-corrected chi connectivity index (χ0v) is 9.19. The summed E-state index contributed by atoms with van der Waals surface area (Å²) in [6.07, 6.45) is 4.99. The third kappa shape index (κ3) is 3.04. The molecule has 6 heteroatoms. The zero-order chi connectivity index (χ0) is 12.8. The lowest BCUT2D eigenvalue weighted by atomic mass is 10.1. The van der Waals surface area contributed by atoms with Gasteiger partial charge in [0.05, 0.1) is 11.1 Å². The molecule has 0 radical (unpaired) electrons. The van der Waals surface area contributed by atoms with E-state index in [1.54, 1.807) is 13.1 Å². The Bertz CT molecular complexity index is 446. The van der Waals surface area contributed by atoms with E-state index in [9.17, 15) is 14.4 Å². The summed E-state index contributed by atoms with van der Waals surface area (Å²) in [5.41, 5.74) is 0.696. The van der Waals surface area contributed by atoms with Crippen LogP contribution in [0.5, 0.6) is 0 Å². The largest absolute Gasteiger partial charge is 0.478 e. The molecule has 2 amide bonds. The Morgan fingerprint density at radius 3 is 2.65 bits per heavy atom. The minimum absolute atomic E-state index is 0.0968. The predicted octanol–water partition coefficient (Wildman–Crippen LogP) is -0.297. The molecule has 1 aliphatic carbocycles. The summed E-state index contributed by atoms with van der Waals surface area (Å²) in [6, 6.07) is 0. The highest BCUT2D eigenvalue weighted by Crippen LogP contribution is 2.16. The number of carboxylic acid groups (broad SMARTS) is 1. The number of carboxylic acids is 1. The minimum atomic E-state index is -1.07. The summed E-state index contributed by atoms with van der Waals surface area (Å²) in [5, 5.41) is 13.6. The number of likely N-dealkylation sites (N-methyl/N-ethyl adjacent to an activating group) is 1. The van der Waals surface area contributed by atoms with Gasteiger partial charge in [0, 0.05) is 12.7 Å². The molecule has 0 saturated heterocycles. The lowest BCUT2D eigenvalue weighted by Crippen LogP contribution is -2.27. The Kier molecular flexibility index (Phi) is 4.21. The van der Waals surface area contributed by atoms with Crippen molar-refractivity contribution in [3.05, 3.63) is 35.1 Å². The number of carbonyl (C=O) groups is 3. The van der Waals surface area contributed by atoms with Crippen LogP contribution in [0, 0.1) is 0 Å². The number of rotatable bonds is 4. The third-order valence-electron chi connectivity index (χ3n) is 2.20. The number of aliphatic carboxylic acids is 1. The van der Waals surface area contributed by atoms with E-state index in [2.05, 4.69) is 5.32 Å². The first-order valence-electron chi connectivity index (χ1n) is 4.88. The highest BCUT2D eigenvalue weighted by atomic mass is 16.4. The maximum atomic E-state index is 11.5. The molecule has 0 aromatic rings. The van der Waals surface area contributed by atoms with Gasteiger partial charge in [-0.3, -0.25) is 14.9 Å². The van der Waals surface area contributed by atoms with Crippen molar-refractivity contribution in [3.8, 4) is 0 Å². The van der Waals surface area contributed by atoms with Crippen molar-refractivity contribution in [1.82, 2.24) is 10.6 Å². The Labute approximate surface area is 97.7 Å². The summed E-state index contributed by atoms with van der Waals surface area (Å²) < 4.78 is 0. The van der Waals surface area contributed by atoms with E-state index in [0.29, 0.717) is 12.1 Å². The van der Waals surface area contributed by atoms with Crippen LogP contribution in [0.25, 0.3) is 0 Å². The molecule has 0 aromatic heterocycles. The van der Waals surface area contributed by atoms with Gasteiger partial charge in [-0.25, -0.2) is 4.79 Å². The normalized spacial score (nSPS) is 14.8. The third-order valence-corrected chi connectivity index (χ3v) is 2.20. The Morgan fingerprint density at radius 1 is 1.41 bits per heavy atom. The van der Waals surface area contributed by atoms with Crippen LogP contribution in [0.2, 0.25) is 0 Å². The smallest absolute Gasteiger partial charge is 0.335 e. The molecule has 0 saturated carbocycles. The van der Waals surface area contributed by atoms with Crippen LogP contribution in [-0.2, 0) is 14.4 Å². The lowest BCUT2D eigenvalue weighted by molar-refractivity contribution is -0.132. The van der Waals surface area contributed by atoms with E-state index in [-0.39, 0.29) is 17.6 Å². The summed E-state index contributed by atoms with van der Waals surface area (Å²) in [5.74, 6) is -1.64. The van der Waals surface area contributed by atoms with Crippen molar-refractivity contribution in [2.45, 2.75) is 6.42 Å². The number of carbonyl (C=O) groups excluding carboxylic acids is 2. The van der Waals surface area contributed by atoms with Gasteiger partial charge >= 0.3 is 5.97 Å². The van der Waals surface area contributed by atoms with Crippen LogP contribution in [0.3, 0.4) is 0 Å². The van der Waals surface area contributed by atoms with Crippen molar-refractivity contribution >= 4 is 18.3 Å². The molecular formula is C11H12N2O4. The fourth-order valence-corrected chi connectivity index (χ4v) is 1.41. The van der Waals surface area contributed by atoms with Crippen molar-refractivity contribution < 1.29 is 19.5 Å². The molecule has 0 heterocycles. The van der Waals surface area contributed by atoms with Crippen molar-refractivity contribution in [2.24, 2.45) is 0 Å². The van der Waals surface area contributed by atoms with Crippen LogP contribution in [-0.4, -0.2) is 30.4 Å². The quantitative estimate of drug-likeness (QED) is 0.583. The van der Waals surface area contributed by atoms with E-state index >= 15 is 0 Å². The second-order valence-electron chi connectivity index (χ2n) is 3.22. The van der Waals surface area contributed by atoms with Gasteiger partial charge in [-0.15, -0.1) is 0 Å². The molecular weight excluding hydrogens is 224 g/mol. The number of nitrogens with one attached hydrogen (secondary N) is 2. The molecule has 90 valence electrons. The van der Waals surface area contributed by atoms with Gasteiger partial charge in [0.1, 0.15) is 0 Å². The lowest BCUT2D eigenvalue weighted by Gasteiger charge is -2.08. The predicted molar refractivity (Wildman–Crippen MR) is 59.8 cm³/mol. The molecule has 3 N–H and O–H groups in total. The highest BCUT2D eigenvalue weighted by molar-refractivity contribution is 6.03. The van der Waals surface area contributed by atoms with Crippen molar-refractivity contribution in [1.29, 1.82) is 0 Å². The molecule has 0 fully saturated rings. The number of imide groups is 1. The van der Waals surface area contributed by atoms with E-state index in [1.165, 1.54) is 12.2 Å². The first-order valence-corrected chi connectivity index (χ1v) is 4.88. The monoisotopic (exact) mass is 236 g/mol. The maximum absolute atomic E-state index is 11.5. The maximum Gasteiger partial charge on any atom is 0.335 e. The number of hydrogen-bond acceptors (Lipinski definition) is 4. The van der Waals surface area contributed by atoms with Crippen LogP contribution in [0.1, 0.15) is 6.42 Å². The first kappa shape index (κ1) is 12.7. The average molecular weight is 236 g/mol. The van der Waals surface area contributed by atoms with Crippen LogP contribution < -0.4 is 10.6 Å². The Hall–Kier alpha value is -2.37. The standard InChI is InChI=1S/C11H12N2O4/c1-12-9-5-7(11(16)17)3-2-4-8(9)10(15)13-6-14/h3-6,12H,2H2,1H3,(H,16,17)(H,13,14,15). The second kappa shape index (κ2) is 5.64. The van der Waals surface area contributed by atoms with Gasteiger partial charge in [-0.05, 0) is 12.5 Å². The number of hydrogen-bond donors (Lipinski definition) is 3. The first-order chi connectivity index (χ1) is 8.10. The van der Waals surface area contributed by atoms with Crippen molar-refractivity contribution in [2.75, 3.05) is 7.05 Å². The molecule has 0 atom stereocenters. The van der Waals surface area contributed by atoms with Crippen LogP contribution in [0.4, 0.5) is 0 Å². The zero-order valence-electron chi connectivity index (χ0n) is 9.19. The summed E-state index contributed by atoms with van der Waals surface area (Å²) in [6.45, 7) is 0. The molecule has 0 unspecified atom stereocenters. The molecule has 0 aromatic carbocycles. The van der Waals surface area contributed by atoms with Crippen LogP contribution in [0.15, 0.2) is 35.1 Å². The van der Waals surface area contributed by atoms with Gasteiger partial charge in [-0.2, -0.15) is 0 Å². The highest BCUT2D eigenvalue weighted by Gasteiger charge is 2.17. The van der Waals surface area contributed by atoms with Gasteiger partial charge in [-0.1, -0.05) is 12.2 Å². The molecule has 0 bridgehead atoms. The fourth-order valence-electron chi connectivity index (χ4n) is 1.41. The molecule has 6 nitrogen and oxygen atoms in total. The molecule has 0 aliphatic heterocycles. The van der Waals surface area contributed by atoms with E-state index in [4.69, 9.17) is 5.11 Å². The van der Waals surface area contributed by atoms with Gasteiger partial charge in [0.15, 0.2) is 0 Å². The summed E-state index contributed by atoms with van der Waals surface area (Å²) in [7, 11) is 1.57. The summed E-state index contributed by atoms with van der Waals surface area (Å²) >= 11 is 0. The van der Waals surface area contributed by atoms with E-state index in [1.807, 2.05) is 5.32 Å². The number of allylic oxidation sites excluding steroid dienone is 2. The van der Waals surface area contributed by atoms with Gasteiger partial charge in [0.2, 0.25) is 6.41 Å². The average Bonchev–Trinajstić information content (AvgIpc) is 2.51. The molecule has 17 heavy (non-hydrogen) atoms. The SMILES string of the molecule is CNC1=CC(C(=O)O)=CCC=C1C(=O)NC=O. The fraction of sp³-hybridized carbons (Fsp3) is 0.182. The topological polar surface area (TPSA) is 95.5 Å². The molecule has 1 aliphatic rings. The molecule has 1 rings (SSSR count). The second-order valence-corrected chi connectivity index (χ2v) is 3.22. The Morgan fingerprint density at radius 2 is 2.12 bits per heavy atom. The van der Waals surface area contributed by atoms with Gasteiger partial charge in [0.25, 0.3) is 5.91 Å². The summed E-state index contributed by atoms with van der Waals surface area (Å²) in [4.78, 5) is 32.6. The van der Waals surface area contributed by atoms with Gasteiger partial charge < -0.3 is 10.4 Å². The molecule has 0 spiro atoms. The minimum Gasteiger partial charge on any atom is -0.478 e. The van der Waals surface area contributed by atoms with Crippen molar-refractivity contribution in [3.63, 3.8) is 0 Å².